The number of esters is 1. The summed E-state index contributed by atoms with van der Waals surface area (Å²) in [5.74, 6) is -0.646. The second-order valence-electron chi connectivity index (χ2n) is 6.22. The van der Waals surface area contributed by atoms with Crippen LogP contribution >= 0.6 is 0 Å². The number of aliphatic hydroxyl groups is 1. The molecule has 0 aromatic heterocycles. The molecule has 0 radical (unpaired) electrons. The predicted molar refractivity (Wildman–Crippen MR) is 92.7 cm³/mol. The fraction of sp³-hybridized carbons (Fsp3) is 0.316. The first kappa shape index (κ1) is 17.6. The quantitative estimate of drug-likeness (QED) is 0.846. The first-order chi connectivity index (χ1) is 11.9. The standard InChI is InChI=1S/C19H20O5S/c1-24-18(20)13-19(21)16-10-6-5-7-14(16)11-12-17(19)25(22,23)15-8-3-2-4-9-15/h2-10,17,21H,11-13H2,1H3. The number of ether oxygens (including phenoxy) is 1. The highest BCUT2D eigenvalue weighted by atomic mass is 32.2. The van der Waals surface area contributed by atoms with Gasteiger partial charge in [-0.15, -0.1) is 0 Å². The van der Waals surface area contributed by atoms with Gasteiger partial charge in [0, 0.05) is 0 Å². The van der Waals surface area contributed by atoms with Crippen LogP contribution in [0.25, 0.3) is 0 Å². The summed E-state index contributed by atoms with van der Waals surface area (Å²) in [5.41, 5.74) is -0.485. The number of methoxy groups -OCH3 is 1. The molecule has 132 valence electrons. The normalized spacial score (nSPS) is 22.9. The molecule has 2 aromatic rings. The van der Waals surface area contributed by atoms with E-state index in [1.54, 1.807) is 30.3 Å². The maximum absolute atomic E-state index is 13.2. The van der Waals surface area contributed by atoms with E-state index in [4.69, 9.17) is 4.74 Å². The lowest BCUT2D eigenvalue weighted by Gasteiger charge is -2.40. The summed E-state index contributed by atoms with van der Waals surface area (Å²) in [6.07, 6.45) is 0.357. The average molecular weight is 360 g/mol. The number of carbonyl (C=O) groups is 1. The zero-order valence-electron chi connectivity index (χ0n) is 13.9. The number of hydrogen-bond acceptors (Lipinski definition) is 5. The molecule has 2 aromatic carbocycles. The van der Waals surface area contributed by atoms with Crippen molar-refractivity contribution in [1.29, 1.82) is 0 Å². The van der Waals surface area contributed by atoms with Crippen LogP contribution in [-0.4, -0.2) is 31.9 Å². The average Bonchev–Trinajstić information content (AvgIpc) is 2.62. The third-order valence-electron chi connectivity index (χ3n) is 4.78. The predicted octanol–water partition coefficient (Wildman–Crippen LogP) is 2.23. The Morgan fingerprint density at radius 2 is 1.80 bits per heavy atom. The molecule has 0 spiro atoms. The monoisotopic (exact) mass is 360 g/mol. The molecule has 0 aliphatic heterocycles. The van der Waals surface area contributed by atoms with Gasteiger partial charge in [0.2, 0.25) is 0 Å². The first-order valence-corrected chi connectivity index (χ1v) is 9.61. The van der Waals surface area contributed by atoms with Gasteiger partial charge in [0.05, 0.1) is 23.7 Å². The lowest BCUT2D eigenvalue weighted by molar-refractivity contribution is -0.147. The van der Waals surface area contributed by atoms with E-state index in [1.807, 2.05) is 12.1 Å². The van der Waals surface area contributed by atoms with Gasteiger partial charge in [-0.3, -0.25) is 4.79 Å². The van der Waals surface area contributed by atoms with Gasteiger partial charge in [-0.25, -0.2) is 8.42 Å². The molecular weight excluding hydrogens is 340 g/mol. The Morgan fingerprint density at radius 3 is 2.48 bits per heavy atom. The molecule has 0 saturated heterocycles. The lowest BCUT2D eigenvalue weighted by Crippen LogP contribution is -2.49. The van der Waals surface area contributed by atoms with Crippen molar-refractivity contribution in [2.75, 3.05) is 7.11 Å². The molecule has 0 amide bonds. The maximum atomic E-state index is 13.2. The van der Waals surface area contributed by atoms with Crippen LogP contribution in [0.5, 0.6) is 0 Å². The molecule has 25 heavy (non-hydrogen) atoms. The van der Waals surface area contributed by atoms with Gasteiger partial charge in [-0.05, 0) is 36.1 Å². The Hall–Kier alpha value is -2.18. The molecule has 1 aliphatic rings. The summed E-state index contributed by atoms with van der Waals surface area (Å²) in [4.78, 5) is 12.1. The fourth-order valence-corrected chi connectivity index (χ4v) is 5.56. The van der Waals surface area contributed by atoms with E-state index >= 15 is 0 Å². The van der Waals surface area contributed by atoms with Crippen LogP contribution in [0.4, 0.5) is 0 Å². The van der Waals surface area contributed by atoms with Crippen LogP contribution in [0.3, 0.4) is 0 Å². The van der Waals surface area contributed by atoms with Crippen molar-refractivity contribution in [2.24, 2.45) is 0 Å². The highest BCUT2D eigenvalue weighted by Crippen LogP contribution is 2.43. The molecule has 1 N–H and O–H groups in total. The molecule has 2 unspecified atom stereocenters. The van der Waals surface area contributed by atoms with Gasteiger partial charge in [-0.1, -0.05) is 42.5 Å². The Bertz CT molecular complexity index is 876. The van der Waals surface area contributed by atoms with Gasteiger partial charge in [0.1, 0.15) is 5.60 Å². The van der Waals surface area contributed by atoms with Crippen molar-refractivity contribution in [2.45, 2.75) is 35.0 Å². The van der Waals surface area contributed by atoms with E-state index in [2.05, 4.69) is 0 Å². The number of aryl methyl sites for hydroxylation is 1. The number of carbonyl (C=O) groups excluding carboxylic acids is 1. The second kappa shape index (κ2) is 6.61. The van der Waals surface area contributed by atoms with E-state index in [1.165, 1.54) is 19.2 Å². The highest BCUT2D eigenvalue weighted by Gasteiger charge is 2.51. The SMILES string of the molecule is COC(=O)CC1(O)c2ccccc2CCC1S(=O)(=O)c1ccccc1. The van der Waals surface area contributed by atoms with Crippen molar-refractivity contribution < 1.29 is 23.1 Å². The van der Waals surface area contributed by atoms with Crippen LogP contribution in [0.1, 0.15) is 24.0 Å². The number of fused-ring (bicyclic) bond motifs is 1. The zero-order valence-corrected chi connectivity index (χ0v) is 14.7. The van der Waals surface area contributed by atoms with E-state index in [9.17, 15) is 18.3 Å². The van der Waals surface area contributed by atoms with Crippen LogP contribution in [0.2, 0.25) is 0 Å². The Balaban J connectivity index is 2.14. The van der Waals surface area contributed by atoms with Crippen LogP contribution in [0.15, 0.2) is 59.5 Å². The molecule has 3 rings (SSSR count). The number of hydrogen-bond donors (Lipinski definition) is 1. The van der Waals surface area contributed by atoms with E-state index < -0.39 is 33.1 Å². The Kier molecular flexibility index (Phi) is 4.67. The van der Waals surface area contributed by atoms with E-state index in [-0.39, 0.29) is 11.3 Å². The smallest absolute Gasteiger partial charge is 0.308 e. The minimum absolute atomic E-state index is 0.141. The minimum Gasteiger partial charge on any atom is -0.469 e. The van der Waals surface area contributed by atoms with E-state index in [0.29, 0.717) is 12.0 Å². The Morgan fingerprint density at radius 1 is 1.16 bits per heavy atom. The molecule has 0 bridgehead atoms. The van der Waals surface area contributed by atoms with Crippen molar-refractivity contribution >= 4 is 15.8 Å². The topological polar surface area (TPSA) is 80.7 Å². The first-order valence-electron chi connectivity index (χ1n) is 8.06. The molecule has 2 atom stereocenters. The van der Waals surface area contributed by atoms with E-state index in [0.717, 1.165) is 5.56 Å². The van der Waals surface area contributed by atoms with Crippen molar-refractivity contribution in [3.63, 3.8) is 0 Å². The number of rotatable bonds is 4. The van der Waals surface area contributed by atoms with Crippen molar-refractivity contribution in [3.8, 4) is 0 Å². The molecular formula is C19H20O5S. The molecule has 6 heteroatoms. The number of sulfone groups is 1. The fourth-order valence-electron chi connectivity index (χ4n) is 3.55. The highest BCUT2D eigenvalue weighted by molar-refractivity contribution is 7.92. The molecule has 0 heterocycles. The van der Waals surface area contributed by atoms with Gasteiger partial charge < -0.3 is 9.84 Å². The largest absolute Gasteiger partial charge is 0.469 e. The zero-order chi connectivity index (χ0) is 18.1. The molecule has 0 fully saturated rings. The van der Waals surface area contributed by atoms with Gasteiger partial charge in [-0.2, -0.15) is 0 Å². The van der Waals surface area contributed by atoms with Crippen molar-refractivity contribution in [3.05, 3.63) is 65.7 Å². The van der Waals surface area contributed by atoms with Gasteiger partial charge in [0.25, 0.3) is 0 Å². The van der Waals surface area contributed by atoms with Crippen molar-refractivity contribution in [1.82, 2.24) is 0 Å². The third kappa shape index (κ3) is 3.07. The molecule has 1 aliphatic carbocycles. The summed E-state index contributed by atoms with van der Waals surface area (Å²) < 4.78 is 31.0. The van der Waals surface area contributed by atoms with Crippen LogP contribution < -0.4 is 0 Å². The third-order valence-corrected chi connectivity index (χ3v) is 7.08. The summed E-state index contributed by atoms with van der Waals surface area (Å²) in [6, 6.07) is 15.1. The number of benzene rings is 2. The van der Waals surface area contributed by atoms with Gasteiger partial charge >= 0.3 is 5.97 Å². The van der Waals surface area contributed by atoms with Gasteiger partial charge in [0.15, 0.2) is 9.84 Å². The Labute approximate surface area is 147 Å². The molecule has 0 saturated carbocycles. The minimum atomic E-state index is -3.82. The summed E-state index contributed by atoms with van der Waals surface area (Å²) in [5, 5.41) is 10.3. The lowest BCUT2D eigenvalue weighted by atomic mass is 9.77. The maximum Gasteiger partial charge on any atom is 0.308 e. The molecule has 5 nitrogen and oxygen atoms in total. The summed E-state index contributed by atoms with van der Waals surface area (Å²) >= 11 is 0. The second-order valence-corrected chi connectivity index (χ2v) is 8.35. The summed E-state index contributed by atoms with van der Waals surface area (Å²) in [7, 11) is -2.60. The summed E-state index contributed by atoms with van der Waals surface area (Å²) in [6.45, 7) is 0. The van der Waals surface area contributed by atoms with Crippen LogP contribution in [-0.2, 0) is 31.4 Å². The van der Waals surface area contributed by atoms with Crippen LogP contribution in [0, 0.1) is 0 Å².